The SMILES string of the molecule is Cl.NCc1cccc(OC(F)F)c1. The van der Waals surface area contributed by atoms with Crippen LogP contribution < -0.4 is 10.5 Å². The molecule has 0 spiro atoms. The maximum absolute atomic E-state index is 11.7. The van der Waals surface area contributed by atoms with Crippen LogP contribution in [0.3, 0.4) is 0 Å². The van der Waals surface area contributed by atoms with Gasteiger partial charge in [-0.25, -0.2) is 0 Å². The quantitative estimate of drug-likeness (QED) is 0.828. The highest BCUT2D eigenvalue weighted by atomic mass is 35.5. The van der Waals surface area contributed by atoms with E-state index in [1.54, 1.807) is 12.1 Å². The fourth-order valence-corrected chi connectivity index (χ4v) is 0.849. The van der Waals surface area contributed by atoms with Crippen molar-refractivity contribution in [1.82, 2.24) is 0 Å². The van der Waals surface area contributed by atoms with E-state index in [0.717, 1.165) is 5.56 Å². The molecule has 0 saturated heterocycles. The van der Waals surface area contributed by atoms with Crippen LogP contribution in [0, 0.1) is 0 Å². The summed E-state index contributed by atoms with van der Waals surface area (Å²) in [5, 5.41) is 0. The molecule has 13 heavy (non-hydrogen) atoms. The lowest BCUT2D eigenvalue weighted by molar-refractivity contribution is -0.0498. The molecule has 0 saturated carbocycles. The molecule has 0 unspecified atom stereocenters. The largest absolute Gasteiger partial charge is 0.435 e. The van der Waals surface area contributed by atoms with Crippen molar-refractivity contribution in [2.45, 2.75) is 13.2 Å². The molecule has 74 valence electrons. The van der Waals surface area contributed by atoms with Gasteiger partial charge in [0, 0.05) is 6.54 Å². The van der Waals surface area contributed by atoms with Crippen LogP contribution >= 0.6 is 12.4 Å². The van der Waals surface area contributed by atoms with Gasteiger partial charge in [-0.05, 0) is 17.7 Å². The zero-order valence-electron chi connectivity index (χ0n) is 6.74. The first kappa shape index (κ1) is 12.1. The van der Waals surface area contributed by atoms with E-state index in [1.165, 1.54) is 12.1 Å². The Balaban J connectivity index is 0.00000144. The normalized spacial score (nSPS) is 9.54. The maximum Gasteiger partial charge on any atom is 0.387 e. The minimum Gasteiger partial charge on any atom is -0.435 e. The van der Waals surface area contributed by atoms with Crippen LogP contribution in [-0.2, 0) is 6.54 Å². The minimum atomic E-state index is -2.78. The number of hydrogen-bond acceptors (Lipinski definition) is 2. The maximum atomic E-state index is 11.7. The van der Waals surface area contributed by atoms with E-state index in [1.807, 2.05) is 0 Å². The highest BCUT2D eigenvalue weighted by Crippen LogP contribution is 2.15. The summed E-state index contributed by atoms with van der Waals surface area (Å²) in [6.07, 6.45) is 0. The third kappa shape index (κ3) is 4.05. The second kappa shape index (κ2) is 5.72. The number of alkyl halides is 2. The Hall–Kier alpha value is -0.870. The molecule has 1 rings (SSSR count). The highest BCUT2D eigenvalue weighted by Gasteiger charge is 2.03. The van der Waals surface area contributed by atoms with Crippen LogP contribution in [0.15, 0.2) is 24.3 Å². The second-order valence-electron chi connectivity index (χ2n) is 2.23. The van der Waals surface area contributed by atoms with Gasteiger partial charge in [0.1, 0.15) is 5.75 Å². The Morgan fingerprint density at radius 1 is 1.38 bits per heavy atom. The van der Waals surface area contributed by atoms with Crippen LogP contribution in [0.25, 0.3) is 0 Å². The number of benzene rings is 1. The summed E-state index contributed by atoms with van der Waals surface area (Å²) in [6.45, 7) is -2.46. The van der Waals surface area contributed by atoms with Crippen LogP contribution in [-0.4, -0.2) is 6.61 Å². The molecule has 0 aliphatic rings. The van der Waals surface area contributed by atoms with Crippen molar-refractivity contribution in [3.63, 3.8) is 0 Å². The number of ether oxygens (including phenoxy) is 1. The molecule has 0 heterocycles. The highest BCUT2D eigenvalue weighted by molar-refractivity contribution is 5.85. The minimum absolute atomic E-state index is 0. The third-order valence-electron chi connectivity index (χ3n) is 1.36. The van der Waals surface area contributed by atoms with E-state index in [2.05, 4.69) is 4.74 Å². The van der Waals surface area contributed by atoms with Crippen LogP contribution in [0.4, 0.5) is 8.78 Å². The number of halogens is 3. The summed E-state index contributed by atoms with van der Waals surface area (Å²) in [6, 6.07) is 6.33. The summed E-state index contributed by atoms with van der Waals surface area (Å²) in [5.74, 6) is 0.146. The van der Waals surface area contributed by atoms with Crippen molar-refractivity contribution in [2.24, 2.45) is 5.73 Å². The molecular weight excluding hydrogens is 200 g/mol. The molecule has 0 aliphatic heterocycles. The molecular formula is C8H10ClF2NO. The van der Waals surface area contributed by atoms with E-state index >= 15 is 0 Å². The zero-order valence-corrected chi connectivity index (χ0v) is 7.56. The summed E-state index contributed by atoms with van der Waals surface area (Å²) in [4.78, 5) is 0. The Morgan fingerprint density at radius 2 is 2.08 bits per heavy atom. The van der Waals surface area contributed by atoms with Crippen LogP contribution in [0.5, 0.6) is 5.75 Å². The van der Waals surface area contributed by atoms with E-state index in [4.69, 9.17) is 5.73 Å². The van der Waals surface area contributed by atoms with E-state index in [0.29, 0.717) is 6.54 Å². The molecule has 0 fully saturated rings. The molecule has 0 atom stereocenters. The summed E-state index contributed by atoms with van der Waals surface area (Å²) >= 11 is 0. The molecule has 5 heteroatoms. The molecule has 0 aliphatic carbocycles. The molecule has 2 nitrogen and oxygen atoms in total. The zero-order chi connectivity index (χ0) is 8.97. The van der Waals surface area contributed by atoms with Gasteiger partial charge in [0.25, 0.3) is 0 Å². The van der Waals surface area contributed by atoms with Gasteiger partial charge in [0.2, 0.25) is 0 Å². The van der Waals surface area contributed by atoms with Crippen molar-refractivity contribution in [3.8, 4) is 5.75 Å². The predicted octanol–water partition coefficient (Wildman–Crippen LogP) is 2.17. The summed E-state index contributed by atoms with van der Waals surface area (Å²) in [5.41, 5.74) is 6.08. The molecule has 1 aromatic carbocycles. The van der Waals surface area contributed by atoms with Gasteiger partial charge < -0.3 is 10.5 Å². The predicted molar refractivity (Wildman–Crippen MR) is 48.2 cm³/mol. The Bertz CT molecular complexity index is 258. The van der Waals surface area contributed by atoms with Crippen molar-refractivity contribution in [2.75, 3.05) is 0 Å². The van der Waals surface area contributed by atoms with Crippen molar-refractivity contribution < 1.29 is 13.5 Å². The van der Waals surface area contributed by atoms with Gasteiger partial charge in [-0.1, -0.05) is 12.1 Å². The van der Waals surface area contributed by atoms with Gasteiger partial charge in [-0.2, -0.15) is 8.78 Å². The molecule has 2 N–H and O–H groups in total. The first-order valence-corrected chi connectivity index (χ1v) is 3.46. The van der Waals surface area contributed by atoms with E-state index in [-0.39, 0.29) is 18.2 Å². The average molecular weight is 210 g/mol. The van der Waals surface area contributed by atoms with Crippen molar-refractivity contribution >= 4 is 12.4 Å². The van der Waals surface area contributed by atoms with Crippen LogP contribution in [0.1, 0.15) is 5.56 Å². The molecule has 0 amide bonds. The average Bonchev–Trinajstić information content (AvgIpc) is 2.03. The van der Waals surface area contributed by atoms with Gasteiger partial charge in [0.05, 0.1) is 0 Å². The lowest BCUT2D eigenvalue weighted by Gasteiger charge is -2.04. The van der Waals surface area contributed by atoms with Gasteiger partial charge in [-0.15, -0.1) is 12.4 Å². The first-order valence-electron chi connectivity index (χ1n) is 3.46. The van der Waals surface area contributed by atoms with Crippen molar-refractivity contribution in [3.05, 3.63) is 29.8 Å². The number of hydrogen-bond donors (Lipinski definition) is 1. The fourth-order valence-electron chi connectivity index (χ4n) is 0.849. The molecule has 1 aromatic rings. The molecule has 0 bridgehead atoms. The summed E-state index contributed by atoms with van der Waals surface area (Å²) in [7, 11) is 0. The topological polar surface area (TPSA) is 35.2 Å². The van der Waals surface area contributed by atoms with Gasteiger partial charge >= 0.3 is 6.61 Å². The number of nitrogens with two attached hydrogens (primary N) is 1. The molecule has 0 aromatic heterocycles. The monoisotopic (exact) mass is 209 g/mol. The van der Waals surface area contributed by atoms with E-state index < -0.39 is 6.61 Å². The standard InChI is InChI=1S/C8H9F2NO.ClH/c9-8(10)12-7-3-1-2-6(4-7)5-11;/h1-4,8H,5,11H2;1H. The Kier molecular flexibility index (Phi) is 5.34. The van der Waals surface area contributed by atoms with Gasteiger partial charge in [0.15, 0.2) is 0 Å². The second-order valence-corrected chi connectivity index (χ2v) is 2.23. The number of rotatable bonds is 3. The van der Waals surface area contributed by atoms with Crippen LogP contribution in [0.2, 0.25) is 0 Å². The third-order valence-corrected chi connectivity index (χ3v) is 1.36. The molecule has 0 radical (unpaired) electrons. The fraction of sp³-hybridized carbons (Fsp3) is 0.250. The van der Waals surface area contributed by atoms with Gasteiger partial charge in [-0.3, -0.25) is 0 Å². The van der Waals surface area contributed by atoms with E-state index in [9.17, 15) is 8.78 Å². The first-order chi connectivity index (χ1) is 5.72. The lowest BCUT2D eigenvalue weighted by Crippen LogP contribution is -2.03. The smallest absolute Gasteiger partial charge is 0.387 e. The lowest BCUT2D eigenvalue weighted by atomic mass is 10.2. The van der Waals surface area contributed by atoms with Crippen molar-refractivity contribution in [1.29, 1.82) is 0 Å². The Morgan fingerprint density at radius 3 is 2.62 bits per heavy atom. The summed E-state index contributed by atoms with van der Waals surface area (Å²) < 4.78 is 27.6. The Labute approximate surface area is 81.1 Å².